The minimum atomic E-state index is -0.958. The average Bonchev–Trinajstić information content (AvgIpc) is 2.48. The predicted octanol–water partition coefficient (Wildman–Crippen LogP) is 3.63. The summed E-state index contributed by atoms with van der Waals surface area (Å²) in [5.41, 5.74) is 1.96. The molecule has 0 aliphatic heterocycles. The van der Waals surface area contributed by atoms with Crippen LogP contribution in [-0.2, 0) is 10.2 Å². The molecule has 0 unspecified atom stereocenters. The molecule has 0 bridgehead atoms. The molecule has 0 saturated heterocycles. The van der Waals surface area contributed by atoms with Gasteiger partial charge in [0.2, 0.25) is 0 Å². The molecule has 2 aromatic rings. The number of benzene rings is 2. The fourth-order valence-electron chi connectivity index (χ4n) is 2.89. The van der Waals surface area contributed by atoms with Crippen molar-refractivity contribution in [3.8, 4) is 0 Å². The van der Waals surface area contributed by atoms with Crippen LogP contribution < -0.4 is 5.32 Å². The average molecular weight is 311 g/mol. The van der Waals surface area contributed by atoms with Crippen molar-refractivity contribution < 1.29 is 19.8 Å². The summed E-state index contributed by atoms with van der Waals surface area (Å²) in [6.07, 6.45) is 2.32. The number of hydrogen-bond acceptors (Lipinski definition) is 3. The van der Waals surface area contributed by atoms with Gasteiger partial charge in [-0.1, -0.05) is 18.6 Å². The van der Waals surface area contributed by atoms with E-state index in [1.165, 1.54) is 12.1 Å². The molecule has 3 N–H and O–H groups in total. The zero-order chi connectivity index (χ0) is 16.4. The lowest BCUT2D eigenvalue weighted by molar-refractivity contribution is -0.147. The van der Waals surface area contributed by atoms with Crippen LogP contribution in [-0.4, -0.2) is 22.2 Å². The van der Waals surface area contributed by atoms with Crippen LogP contribution in [0.2, 0.25) is 0 Å². The lowest BCUT2D eigenvalue weighted by Gasteiger charge is -2.38. The van der Waals surface area contributed by atoms with Crippen molar-refractivity contribution in [2.45, 2.75) is 24.7 Å². The molecule has 1 saturated carbocycles. The van der Waals surface area contributed by atoms with Crippen LogP contribution in [0.5, 0.6) is 0 Å². The lowest BCUT2D eigenvalue weighted by Crippen LogP contribution is -2.42. The number of aliphatic carboxylic acids is 1. The third kappa shape index (κ3) is 2.77. The van der Waals surface area contributed by atoms with Gasteiger partial charge in [0.05, 0.1) is 11.0 Å². The van der Waals surface area contributed by atoms with Crippen molar-refractivity contribution in [2.24, 2.45) is 0 Å². The number of carbonyl (C=O) groups is 2. The van der Waals surface area contributed by atoms with Gasteiger partial charge >= 0.3 is 11.9 Å². The highest BCUT2D eigenvalue weighted by Gasteiger charge is 2.45. The van der Waals surface area contributed by atoms with Gasteiger partial charge < -0.3 is 15.5 Å². The number of nitrogens with one attached hydrogen (secondary N) is 1. The Morgan fingerprint density at radius 2 is 1.39 bits per heavy atom. The predicted molar refractivity (Wildman–Crippen MR) is 86.3 cm³/mol. The van der Waals surface area contributed by atoms with E-state index in [9.17, 15) is 14.7 Å². The minimum Gasteiger partial charge on any atom is -0.481 e. The first-order valence-corrected chi connectivity index (χ1v) is 7.46. The monoisotopic (exact) mass is 311 g/mol. The lowest BCUT2D eigenvalue weighted by atomic mass is 9.64. The highest BCUT2D eigenvalue weighted by atomic mass is 16.4. The maximum Gasteiger partial charge on any atom is 0.335 e. The van der Waals surface area contributed by atoms with E-state index in [0.717, 1.165) is 23.4 Å². The van der Waals surface area contributed by atoms with Gasteiger partial charge in [0.1, 0.15) is 0 Å². The Morgan fingerprint density at radius 1 is 0.870 bits per heavy atom. The molecule has 118 valence electrons. The molecule has 0 spiro atoms. The number of carboxylic acid groups (broad SMARTS) is 2. The number of hydrogen-bond donors (Lipinski definition) is 3. The molecule has 0 amide bonds. The first kappa shape index (κ1) is 15.1. The van der Waals surface area contributed by atoms with Gasteiger partial charge in [0, 0.05) is 11.4 Å². The molecule has 0 radical (unpaired) electrons. The quantitative estimate of drug-likeness (QED) is 0.785. The van der Waals surface area contributed by atoms with E-state index in [-0.39, 0.29) is 5.56 Å². The van der Waals surface area contributed by atoms with Crippen molar-refractivity contribution in [1.29, 1.82) is 0 Å². The van der Waals surface area contributed by atoms with E-state index in [4.69, 9.17) is 5.11 Å². The van der Waals surface area contributed by atoms with E-state index in [1.54, 1.807) is 12.1 Å². The Morgan fingerprint density at radius 3 is 1.78 bits per heavy atom. The van der Waals surface area contributed by atoms with Gasteiger partial charge in [-0.25, -0.2) is 4.79 Å². The Bertz CT molecular complexity index is 731. The van der Waals surface area contributed by atoms with Crippen molar-refractivity contribution in [2.75, 3.05) is 5.32 Å². The van der Waals surface area contributed by atoms with E-state index in [2.05, 4.69) is 5.32 Å². The van der Waals surface area contributed by atoms with Gasteiger partial charge in [-0.05, 0) is 54.8 Å². The Kier molecular flexibility index (Phi) is 3.78. The first-order valence-electron chi connectivity index (χ1n) is 7.46. The molecule has 0 atom stereocenters. The maximum absolute atomic E-state index is 11.5. The summed E-state index contributed by atoms with van der Waals surface area (Å²) in [6.45, 7) is 0. The van der Waals surface area contributed by atoms with Crippen LogP contribution in [0.25, 0.3) is 0 Å². The zero-order valence-electron chi connectivity index (χ0n) is 12.5. The van der Waals surface area contributed by atoms with Crippen LogP contribution in [0, 0.1) is 0 Å². The number of rotatable bonds is 5. The smallest absolute Gasteiger partial charge is 0.335 e. The maximum atomic E-state index is 11.5. The molecule has 2 aromatic carbocycles. The summed E-state index contributed by atoms with van der Waals surface area (Å²) in [7, 11) is 0. The number of anilines is 2. The second kappa shape index (κ2) is 5.76. The van der Waals surface area contributed by atoms with Crippen molar-refractivity contribution in [1.82, 2.24) is 0 Å². The minimum absolute atomic E-state index is 0.235. The highest BCUT2D eigenvalue weighted by Crippen LogP contribution is 2.44. The Labute approximate surface area is 133 Å². The summed E-state index contributed by atoms with van der Waals surface area (Å²) >= 11 is 0. The van der Waals surface area contributed by atoms with Gasteiger partial charge in [0.25, 0.3) is 0 Å². The molecule has 5 heteroatoms. The number of aromatic carboxylic acids is 1. The molecular formula is C18H17NO4. The molecule has 1 aliphatic rings. The second-order valence-electron chi connectivity index (χ2n) is 5.83. The Hall–Kier alpha value is -2.82. The van der Waals surface area contributed by atoms with E-state index >= 15 is 0 Å². The fourth-order valence-corrected chi connectivity index (χ4v) is 2.89. The molecular weight excluding hydrogens is 294 g/mol. The SMILES string of the molecule is O=C(O)c1ccc(Nc2ccc(C3(C(=O)O)CCC3)cc2)cc1. The molecule has 0 aromatic heterocycles. The summed E-state index contributed by atoms with van der Waals surface area (Å²) in [6, 6.07) is 13.9. The van der Waals surface area contributed by atoms with E-state index < -0.39 is 17.4 Å². The van der Waals surface area contributed by atoms with Crippen LogP contribution in [0.1, 0.15) is 35.2 Å². The van der Waals surface area contributed by atoms with Gasteiger partial charge in [-0.3, -0.25) is 4.79 Å². The molecule has 5 nitrogen and oxygen atoms in total. The third-order valence-electron chi connectivity index (χ3n) is 4.47. The van der Waals surface area contributed by atoms with Crippen LogP contribution in [0.15, 0.2) is 48.5 Å². The van der Waals surface area contributed by atoms with Crippen LogP contribution >= 0.6 is 0 Å². The van der Waals surface area contributed by atoms with Gasteiger partial charge in [-0.2, -0.15) is 0 Å². The van der Waals surface area contributed by atoms with E-state index in [1.807, 2.05) is 24.3 Å². The summed E-state index contributed by atoms with van der Waals surface area (Å²) < 4.78 is 0. The highest BCUT2D eigenvalue weighted by molar-refractivity contribution is 5.88. The Balaban J connectivity index is 1.75. The fraction of sp³-hybridized carbons (Fsp3) is 0.222. The summed E-state index contributed by atoms with van der Waals surface area (Å²) in [4.78, 5) is 22.3. The standard InChI is InChI=1S/C18H17NO4/c20-16(21)12-2-6-14(7-3-12)19-15-8-4-13(5-9-15)18(17(22)23)10-1-11-18/h2-9,19H,1,10-11H2,(H,20,21)(H,22,23). The molecule has 0 heterocycles. The van der Waals surface area contributed by atoms with Crippen molar-refractivity contribution in [3.63, 3.8) is 0 Å². The van der Waals surface area contributed by atoms with Gasteiger partial charge in [0.15, 0.2) is 0 Å². The molecule has 3 rings (SSSR count). The zero-order valence-corrected chi connectivity index (χ0v) is 12.5. The molecule has 1 fully saturated rings. The second-order valence-corrected chi connectivity index (χ2v) is 5.83. The van der Waals surface area contributed by atoms with E-state index in [0.29, 0.717) is 12.8 Å². The normalized spacial score (nSPS) is 15.5. The first-order chi connectivity index (χ1) is 11.0. The van der Waals surface area contributed by atoms with Crippen molar-refractivity contribution in [3.05, 3.63) is 59.7 Å². The summed E-state index contributed by atoms with van der Waals surface area (Å²) in [5.74, 6) is -1.71. The number of carboxylic acids is 2. The molecule has 1 aliphatic carbocycles. The van der Waals surface area contributed by atoms with Crippen LogP contribution in [0.4, 0.5) is 11.4 Å². The largest absolute Gasteiger partial charge is 0.481 e. The van der Waals surface area contributed by atoms with Crippen LogP contribution in [0.3, 0.4) is 0 Å². The third-order valence-corrected chi connectivity index (χ3v) is 4.47. The van der Waals surface area contributed by atoms with Crippen molar-refractivity contribution >= 4 is 23.3 Å². The summed E-state index contributed by atoms with van der Waals surface area (Å²) in [5, 5.41) is 21.5. The molecule has 23 heavy (non-hydrogen) atoms. The topological polar surface area (TPSA) is 86.6 Å². The van der Waals surface area contributed by atoms with Gasteiger partial charge in [-0.15, -0.1) is 0 Å².